The molecule has 98 valence electrons. The van der Waals surface area contributed by atoms with Crippen molar-refractivity contribution in [2.24, 2.45) is 0 Å². The molecular weight excluding hydrogens is 227 g/mol. The van der Waals surface area contributed by atoms with Gasteiger partial charge in [0.2, 0.25) is 0 Å². The fraction of sp³-hybridized carbons (Fsp3) is 0.615. The van der Waals surface area contributed by atoms with E-state index >= 15 is 0 Å². The molecule has 1 aliphatic rings. The highest BCUT2D eigenvalue weighted by molar-refractivity contribution is 6.61. The van der Waals surface area contributed by atoms with Crippen LogP contribution in [0.3, 0.4) is 0 Å². The number of hydrogen-bond acceptors (Lipinski definition) is 4. The first-order chi connectivity index (χ1) is 10.7. The van der Waals surface area contributed by atoms with Gasteiger partial charge in [-0.2, -0.15) is 0 Å². The number of hydrogen-bond donors (Lipinski definition) is 0. The van der Waals surface area contributed by atoms with Crippen molar-refractivity contribution in [3.8, 4) is 0 Å². The predicted molar refractivity (Wildman–Crippen MR) is 74.3 cm³/mol. The fourth-order valence-corrected chi connectivity index (χ4v) is 1.66. The van der Waals surface area contributed by atoms with Crippen LogP contribution in [0.1, 0.15) is 35.9 Å². The third kappa shape index (κ3) is 2.25. The zero-order valence-corrected chi connectivity index (χ0v) is 11.0. The Morgan fingerprint density at radius 1 is 1.17 bits per heavy atom. The highest BCUT2D eigenvalue weighted by Crippen LogP contribution is 2.36. The lowest BCUT2D eigenvalue weighted by Crippen LogP contribution is -2.41. The van der Waals surface area contributed by atoms with Crippen molar-refractivity contribution in [1.29, 1.82) is 0 Å². The molecule has 0 unspecified atom stereocenters. The van der Waals surface area contributed by atoms with Gasteiger partial charge in [0.25, 0.3) is 0 Å². The number of pyridine rings is 1. The molecule has 4 nitrogen and oxygen atoms in total. The van der Waals surface area contributed by atoms with Crippen LogP contribution in [-0.2, 0) is 9.31 Å². The molecule has 0 N–H and O–H groups in total. The molecule has 1 aromatic rings. The van der Waals surface area contributed by atoms with E-state index in [1.165, 1.54) is 12.1 Å². The summed E-state index contributed by atoms with van der Waals surface area (Å²) in [6, 6.07) is 4.49. The fourth-order valence-electron chi connectivity index (χ4n) is 1.66. The lowest BCUT2D eigenvalue weighted by molar-refractivity contribution is 0.00578. The van der Waals surface area contributed by atoms with Gasteiger partial charge in [0, 0.05) is 22.2 Å². The Morgan fingerprint density at radius 2 is 1.78 bits per heavy atom. The van der Waals surface area contributed by atoms with Crippen LogP contribution in [0.15, 0.2) is 18.2 Å². The van der Waals surface area contributed by atoms with Crippen LogP contribution >= 0.6 is 0 Å². The molecule has 0 saturated carbocycles. The summed E-state index contributed by atoms with van der Waals surface area (Å²) in [6.45, 7) is 1.82. The predicted octanol–water partition coefficient (Wildman–Crippen LogP) is 1.45. The van der Waals surface area contributed by atoms with Gasteiger partial charge >= 0.3 is 7.12 Å². The number of aromatic nitrogens is 1. The first-order valence-electron chi connectivity index (χ1n) is 8.78. The number of rotatable bonds is 2. The van der Waals surface area contributed by atoms with Gasteiger partial charge in [0.05, 0.1) is 16.8 Å². The van der Waals surface area contributed by atoms with Gasteiger partial charge in [-0.15, -0.1) is 0 Å². The first-order valence-corrected chi connectivity index (χ1v) is 5.78. The minimum absolute atomic E-state index is 0.179. The Morgan fingerprint density at radius 3 is 2.33 bits per heavy atom. The monoisotopic (exact) mass is 254 g/mol. The molecule has 0 bridgehead atoms. The molecule has 0 aromatic carbocycles. The third-order valence-corrected chi connectivity index (χ3v) is 3.48. The maximum Gasteiger partial charge on any atom is 0.514 e. The third-order valence-electron chi connectivity index (χ3n) is 3.48. The van der Waals surface area contributed by atoms with E-state index in [0.717, 1.165) is 0 Å². The summed E-state index contributed by atoms with van der Waals surface area (Å²) >= 11 is 0. The Kier molecular flexibility index (Phi) is 1.77. The van der Waals surface area contributed by atoms with Crippen LogP contribution in [0, 0.1) is 0 Å². The summed E-state index contributed by atoms with van der Waals surface area (Å²) in [7, 11) is -0.801. The van der Waals surface area contributed by atoms with Crippen molar-refractivity contribution in [2.75, 3.05) is 18.9 Å². The molecule has 2 rings (SSSR count). The SMILES string of the molecule is [2H]C([2H])([2H])N(c1cccc(B2OC(C)(C)C(C)(C)O2)n1)C([2H])([2H])[2H]. The average Bonchev–Trinajstić information content (AvgIpc) is 2.55. The molecule has 0 radical (unpaired) electrons. The maximum atomic E-state index is 7.48. The van der Waals surface area contributed by atoms with Gasteiger partial charge in [-0.25, -0.2) is 4.98 Å². The second kappa shape index (κ2) is 4.25. The molecular formula is C13H21BN2O2. The van der Waals surface area contributed by atoms with Gasteiger partial charge in [0.15, 0.2) is 0 Å². The molecule has 1 saturated heterocycles. The van der Waals surface area contributed by atoms with Crippen LogP contribution in [0.2, 0.25) is 0 Å². The van der Waals surface area contributed by atoms with E-state index in [1.54, 1.807) is 6.07 Å². The van der Waals surface area contributed by atoms with Crippen LogP contribution in [0.4, 0.5) is 5.82 Å². The lowest BCUT2D eigenvalue weighted by Gasteiger charge is -2.32. The second-order valence-electron chi connectivity index (χ2n) is 5.34. The zero-order valence-electron chi connectivity index (χ0n) is 17.0. The number of anilines is 1. The topological polar surface area (TPSA) is 34.6 Å². The van der Waals surface area contributed by atoms with Gasteiger partial charge in [0.1, 0.15) is 5.82 Å². The van der Waals surface area contributed by atoms with Gasteiger partial charge in [-0.05, 0) is 39.8 Å². The van der Waals surface area contributed by atoms with E-state index in [9.17, 15) is 0 Å². The normalized spacial score (nSPS) is 27.4. The summed E-state index contributed by atoms with van der Waals surface area (Å²) in [4.78, 5) is 4.52. The van der Waals surface area contributed by atoms with E-state index < -0.39 is 32.3 Å². The van der Waals surface area contributed by atoms with E-state index in [2.05, 4.69) is 4.98 Å². The summed E-state index contributed by atoms with van der Waals surface area (Å²) in [5.74, 6) is -0.179. The Bertz CT molecular complexity index is 587. The number of nitrogens with zero attached hydrogens (tertiary/aromatic N) is 2. The molecule has 0 amide bonds. The van der Waals surface area contributed by atoms with Crippen LogP contribution < -0.4 is 10.5 Å². The quantitative estimate of drug-likeness (QED) is 0.748. The summed E-state index contributed by atoms with van der Waals surface area (Å²) in [5, 5.41) is 0. The van der Waals surface area contributed by atoms with Crippen LogP contribution in [0.5, 0.6) is 0 Å². The molecule has 1 fully saturated rings. The van der Waals surface area contributed by atoms with E-state index in [4.69, 9.17) is 17.5 Å². The minimum Gasteiger partial charge on any atom is -0.398 e. The van der Waals surface area contributed by atoms with Crippen molar-refractivity contribution in [3.63, 3.8) is 0 Å². The molecule has 18 heavy (non-hydrogen) atoms. The summed E-state index contributed by atoms with van der Waals surface area (Å²) in [5.41, 5.74) is -0.837. The lowest BCUT2D eigenvalue weighted by atomic mass is 9.84. The Hall–Kier alpha value is -1.07. The highest BCUT2D eigenvalue weighted by atomic mass is 16.7. The van der Waals surface area contributed by atoms with Crippen molar-refractivity contribution in [3.05, 3.63) is 18.2 Å². The first kappa shape index (κ1) is 7.51. The van der Waals surface area contributed by atoms with Crippen molar-refractivity contribution < 1.29 is 17.5 Å². The van der Waals surface area contributed by atoms with Gasteiger partial charge < -0.3 is 14.2 Å². The molecule has 5 heteroatoms. The van der Waals surface area contributed by atoms with Crippen molar-refractivity contribution in [2.45, 2.75) is 38.9 Å². The van der Waals surface area contributed by atoms with Crippen molar-refractivity contribution >= 4 is 18.5 Å². The highest BCUT2D eigenvalue weighted by Gasteiger charge is 2.52. The van der Waals surface area contributed by atoms with Crippen LogP contribution in [0.25, 0.3) is 0 Å². The molecule has 2 heterocycles. The van der Waals surface area contributed by atoms with Gasteiger partial charge in [-0.1, -0.05) is 6.07 Å². The van der Waals surface area contributed by atoms with E-state index in [0.29, 0.717) is 10.5 Å². The minimum atomic E-state index is -2.85. The second-order valence-corrected chi connectivity index (χ2v) is 5.34. The van der Waals surface area contributed by atoms with E-state index in [1.807, 2.05) is 27.7 Å². The average molecular weight is 254 g/mol. The summed E-state index contributed by atoms with van der Waals surface area (Å²) in [6.07, 6.45) is 0. The van der Waals surface area contributed by atoms with Crippen LogP contribution in [-0.4, -0.2) is 37.3 Å². The van der Waals surface area contributed by atoms with Gasteiger partial charge in [-0.3, -0.25) is 0 Å². The van der Waals surface area contributed by atoms with E-state index in [-0.39, 0.29) is 5.82 Å². The smallest absolute Gasteiger partial charge is 0.398 e. The maximum absolute atomic E-state index is 7.48. The molecule has 0 atom stereocenters. The summed E-state index contributed by atoms with van der Waals surface area (Å²) < 4.78 is 56.7. The Balaban J connectivity index is 2.40. The van der Waals surface area contributed by atoms with Crippen molar-refractivity contribution in [1.82, 2.24) is 4.98 Å². The Labute approximate surface area is 118 Å². The largest absolute Gasteiger partial charge is 0.514 e. The standard InChI is InChI=1S/C13H21BN2O2/c1-12(2)13(3,4)18-14(17-12)10-8-7-9-11(15-10)16(5)6/h7-9H,1-6H3/i5D3,6D3. The zero-order chi connectivity index (χ0) is 18.6. The molecule has 1 aromatic heterocycles. The molecule has 0 spiro atoms. The molecule has 1 aliphatic heterocycles. The molecule has 0 aliphatic carbocycles.